The van der Waals surface area contributed by atoms with Crippen LogP contribution in [0.4, 0.5) is 0 Å². The number of carbonyl (C=O) groups excluding carboxylic acids is 1. The van der Waals surface area contributed by atoms with E-state index in [-0.39, 0.29) is 11.8 Å². The summed E-state index contributed by atoms with van der Waals surface area (Å²) in [6.07, 6.45) is 5.11. The van der Waals surface area contributed by atoms with Crippen LogP contribution in [0, 0.1) is 5.92 Å². The van der Waals surface area contributed by atoms with E-state index in [2.05, 4.69) is 10.3 Å². The van der Waals surface area contributed by atoms with Gasteiger partial charge in [-0.05, 0) is 23.8 Å². The van der Waals surface area contributed by atoms with Crippen LogP contribution in [-0.4, -0.2) is 10.9 Å². The Balaban J connectivity index is 2.06. The van der Waals surface area contributed by atoms with Crippen molar-refractivity contribution < 1.29 is 9.21 Å². The van der Waals surface area contributed by atoms with Crippen molar-refractivity contribution in [3.05, 3.63) is 42.4 Å². The first kappa shape index (κ1) is 12.4. The van der Waals surface area contributed by atoms with Crippen LogP contribution >= 0.6 is 0 Å². The zero-order chi connectivity index (χ0) is 13.0. The summed E-state index contributed by atoms with van der Waals surface area (Å²) in [4.78, 5) is 15.6. The minimum Gasteiger partial charge on any atom is -0.464 e. The van der Waals surface area contributed by atoms with Crippen molar-refractivity contribution in [1.29, 1.82) is 0 Å². The number of nitrogens with one attached hydrogen (secondary N) is 1. The van der Waals surface area contributed by atoms with Crippen LogP contribution in [0.25, 0.3) is 11.3 Å². The summed E-state index contributed by atoms with van der Waals surface area (Å²) < 4.78 is 5.31. The van der Waals surface area contributed by atoms with E-state index in [1.54, 1.807) is 18.7 Å². The van der Waals surface area contributed by atoms with Gasteiger partial charge in [-0.3, -0.25) is 9.78 Å². The third-order valence-electron chi connectivity index (χ3n) is 2.59. The molecule has 0 aromatic carbocycles. The second kappa shape index (κ2) is 5.49. The Hall–Kier alpha value is -2.10. The largest absolute Gasteiger partial charge is 0.464 e. The molecule has 1 N–H and O–H groups in total. The lowest BCUT2D eigenvalue weighted by Crippen LogP contribution is -2.27. The monoisotopic (exact) mass is 244 g/mol. The molecule has 2 aromatic rings. The first-order chi connectivity index (χ1) is 8.66. The Bertz CT molecular complexity index is 518. The van der Waals surface area contributed by atoms with Crippen LogP contribution in [0.2, 0.25) is 0 Å². The van der Waals surface area contributed by atoms with Gasteiger partial charge in [-0.25, -0.2) is 0 Å². The molecule has 0 saturated carbocycles. The summed E-state index contributed by atoms with van der Waals surface area (Å²) in [5, 5.41) is 2.86. The van der Waals surface area contributed by atoms with Crippen molar-refractivity contribution >= 4 is 5.91 Å². The molecular weight excluding hydrogens is 228 g/mol. The fraction of sp³-hybridized carbons (Fsp3) is 0.286. The summed E-state index contributed by atoms with van der Waals surface area (Å²) in [7, 11) is 0. The van der Waals surface area contributed by atoms with Gasteiger partial charge in [0.15, 0.2) is 0 Å². The number of furan rings is 1. The van der Waals surface area contributed by atoms with Gasteiger partial charge in [-0.2, -0.15) is 0 Å². The highest BCUT2D eigenvalue weighted by Crippen LogP contribution is 2.19. The SMILES string of the molecule is CC(C)C(=O)NCc1cncc(-c2ccco2)c1. The van der Waals surface area contributed by atoms with Gasteiger partial charge in [-0.15, -0.1) is 0 Å². The summed E-state index contributed by atoms with van der Waals surface area (Å²) in [6, 6.07) is 5.68. The number of pyridine rings is 1. The Labute approximate surface area is 106 Å². The number of rotatable bonds is 4. The highest BCUT2D eigenvalue weighted by molar-refractivity contribution is 5.77. The molecule has 0 spiro atoms. The molecule has 18 heavy (non-hydrogen) atoms. The second-order valence-corrected chi connectivity index (χ2v) is 4.43. The van der Waals surface area contributed by atoms with Crippen LogP contribution < -0.4 is 5.32 Å². The normalized spacial score (nSPS) is 10.6. The molecule has 4 heteroatoms. The molecule has 0 bridgehead atoms. The Morgan fingerprint density at radius 1 is 1.44 bits per heavy atom. The Morgan fingerprint density at radius 3 is 2.94 bits per heavy atom. The van der Waals surface area contributed by atoms with E-state index < -0.39 is 0 Å². The highest BCUT2D eigenvalue weighted by Gasteiger charge is 2.07. The zero-order valence-electron chi connectivity index (χ0n) is 10.5. The molecule has 4 nitrogen and oxygen atoms in total. The number of hydrogen-bond acceptors (Lipinski definition) is 3. The molecule has 0 aliphatic rings. The fourth-order valence-corrected chi connectivity index (χ4v) is 1.56. The molecule has 1 amide bonds. The summed E-state index contributed by atoms with van der Waals surface area (Å²) in [5.41, 5.74) is 1.87. The van der Waals surface area contributed by atoms with E-state index in [0.717, 1.165) is 16.9 Å². The van der Waals surface area contributed by atoms with E-state index in [1.165, 1.54) is 0 Å². The van der Waals surface area contributed by atoms with E-state index in [9.17, 15) is 4.79 Å². The average Bonchev–Trinajstić information content (AvgIpc) is 2.90. The maximum absolute atomic E-state index is 11.5. The van der Waals surface area contributed by atoms with Crippen molar-refractivity contribution in [2.24, 2.45) is 5.92 Å². The van der Waals surface area contributed by atoms with Crippen molar-refractivity contribution in [2.45, 2.75) is 20.4 Å². The van der Waals surface area contributed by atoms with Gasteiger partial charge in [0, 0.05) is 30.4 Å². The molecule has 0 saturated heterocycles. The van der Waals surface area contributed by atoms with Crippen molar-refractivity contribution in [3.63, 3.8) is 0 Å². The van der Waals surface area contributed by atoms with Crippen molar-refractivity contribution in [3.8, 4) is 11.3 Å². The zero-order valence-corrected chi connectivity index (χ0v) is 10.5. The van der Waals surface area contributed by atoms with Gasteiger partial charge < -0.3 is 9.73 Å². The predicted molar refractivity (Wildman–Crippen MR) is 68.6 cm³/mol. The van der Waals surface area contributed by atoms with Crippen molar-refractivity contribution in [2.75, 3.05) is 0 Å². The Morgan fingerprint density at radius 2 is 2.28 bits per heavy atom. The molecule has 0 radical (unpaired) electrons. The lowest BCUT2D eigenvalue weighted by Gasteiger charge is -2.08. The lowest BCUT2D eigenvalue weighted by molar-refractivity contribution is -0.124. The Kier molecular flexibility index (Phi) is 3.77. The number of hydrogen-bond donors (Lipinski definition) is 1. The smallest absolute Gasteiger partial charge is 0.222 e. The minimum absolute atomic E-state index is 0.00813. The summed E-state index contributed by atoms with van der Waals surface area (Å²) in [6.45, 7) is 4.22. The number of aromatic nitrogens is 1. The second-order valence-electron chi connectivity index (χ2n) is 4.43. The van der Waals surface area contributed by atoms with Crippen LogP contribution in [0.5, 0.6) is 0 Å². The molecular formula is C14H16N2O2. The molecule has 0 aliphatic heterocycles. The third-order valence-corrected chi connectivity index (χ3v) is 2.59. The van der Waals surface area contributed by atoms with E-state index >= 15 is 0 Å². The summed E-state index contributed by atoms with van der Waals surface area (Å²) in [5.74, 6) is 0.809. The van der Waals surface area contributed by atoms with Gasteiger partial charge >= 0.3 is 0 Å². The topological polar surface area (TPSA) is 55.1 Å². The molecule has 0 fully saturated rings. The molecule has 2 aromatic heterocycles. The molecule has 2 rings (SSSR count). The first-order valence-corrected chi connectivity index (χ1v) is 5.92. The van der Waals surface area contributed by atoms with E-state index in [0.29, 0.717) is 6.54 Å². The van der Waals surface area contributed by atoms with E-state index in [4.69, 9.17) is 4.42 Å². The average molecular weight is 244 g/mol. The van der Waals surface area contributed by atoms with Gasteiger partial charge in [0.2, 0.25) is 5.91 Å². The predicted octanol–water partition coefficient (Wildman–Crippen LogP) is 2.61. The molecule has 0 aliphatic carbocycles. The van der Waals surface area contributed by atoms with Crippen molar-refractivity contribution in [1.82, 2.24) is 10.3 Å². The van der Waals surface area contributed by atoms with Crippen LogP contribution in [0.15, 0.2) is 41.3 Å². The van der Waals surface area contributed by atoms with E-state index in [1.807, 2.05) is 32.0 Å². The number of carbonyl (C=O) groups is 1. The van der Waals surface area contributed by atoms with Gasteiger partial charge in [0.1, 0.15) is 5.76 Å². The standard InChI is InChI=1S/C14H16N2O2/c1-10(2)14(17)16-8-11-6-12(9-15-7-11)13-4-3-5-18-13/h3-7,9-10H,8H2,1-2H3,(H,16,17). The van der Waals surface area contributed by atoms with Gasteiger partial charge in [0.25, 0.3) is 0 Å². The third kappa shape index (κ3) is 2.97. The number of amides is 1. The van der Waals surface area contributed by atoms with Gasteiger partial charge in [0.05, 0.1) is 6.26 Å². The minimum atomic E-state index is -0.00813. The fourth-order valence-electron chi connectivity index (χ4n) is 1.56. The molecule has 0 atom stereocenters. The number of nitrogens with zero attached hydrogens (tertiary/aromatic N) is 1. The maximum Gasteiger partial charge on any atom is 0.222 e. The quantitative estimate of drug-likeness (QED) is 0.899. The van der Waals surface area contributed by atoms with Crippen LogP contribution in [-0.2, 0) is 11.3 Å². The lowest BCUT2D eigenvalue weighted by atomic mass is 10.1. The first-order valence-electron chi connectivity index (χ1n) is 5.92. The van der Waals surface area contributed by atoms with Gasteiger partial charge in [-0.1, -0.05) is 13.8 Å². The highest BCUT2D eigenvalue weighted by atomic mass is 16.3. The molecule has 94 valence electrons. The van der Waals surface area contributed by atoms with Crippen LogP contribution in [0.1, 0.15) is 19.4 Å². The molecule has 0 unspecified atom stereocenters. The molecule has 2 heterocycles. The maximum atomic E-state index is 11.5. The summed E-state index contributed by atoms with van der Waals surface area (Å²) >= 11 is 0. The van der Waals surface area contributed by atoms with Crippen LogP contribution in [0.3, 0.4) is 0 Å².